The van der Waals surface area contributed by atoms with Crippen LogP contribution >= 0.6 is 0 Å². The lowest BCUT2D eigenvalue weighted by Gasteiger charge is -2.20. The van der Waals surface area contributed by atoms with Crippen LogP contribution < -0.4 is 4.74 Å². The molecular weight excluding hydrogens is 236 g/mol. The van der Waals surface area contributed by atoms with Gasteiger partial charge in [0.05, 0.1) is 16.5 Å². The molecule has 0 aliphatic carbocycles. The van der Waals surface area contributed by atoms with Crippen molar-refractivity contribution < 1.29 is 14.5 Å². The van der Waals surface area contributed by atoms with Gasteiger partial charge in [-0.25, -0.2) is 0 Å². The minimum absolute atomic E-state index is 0.0802. The lowest BCUT2D eigenvalue weighted by Crippen LogP contribution is -2.36. The molecule has 6 heteroatoms. The lowest BCUT2D eigenvalue weighted by atomic mass is 10.1. The van der Waals surface area contributed by atoms with E-state index in [1.807, 2.05) is 0 Å². The highest BCUT2D eigenvalue weighted by Gasteiger charge is 2.34. The van der Waals surface area contributed by atoms with Gasteiger partial charge in [0.25, 0.3) is 11.6 Å². The molecular formula is C12H12N2O4. The second-order valence-corrected chi connectivity index (χ2v) is 4.54. The van der Waals surface area contributed by atoms with Gasteiger partial charge in [0.15, 0.2) is 0 Å². The molecule has 0 aromatic heterocycles. The first-order valence-electron chi connectivity index (χ1n) is 5.89. The van der Waals surface area contributed by atoms with Gasteiger partial charge in [-0.05, 0) is 18.9 Å². The molecule has 6 nitrogen and oxygen atoms in total. The second-order valence-electron chi connectivity index (χ2n) is 4.54. The molecule has 0 N–H and O–H groups in total. The van der Waals surface area contributed by atoms with Gasteiger partial charge in [0.2, 0.25) is 0 Å². The Kier molecular flexibility index (Phi) is 2.43. The highest BCUT2D eigenvalue weighted by molar-refractivity contribution is 5.98. The van der Waals surface area contributed by atoms with Crippen LogP contribution in [0.3, 0.4) is 0 Å². The maximum Gasteiger partial charge on any atom is 0.270 e. The highest BCUT2D eigenvalue weighted by Crippen LogP contribution is 2.31. The van der Waals surface area contributed by atoms with Crippen molar-refractivity contribution >= 4 is 11.6 Å². The van der Waals surface area contributed by atoms with E-state index in [4.69, 9.17) is 4.74 Å². The second kappa shape index (κ2) is 3.97. The summed E-state index contributed by atoms with van der Waals surface area (Å²) in [6, 6.07) is 4.28. The number of amides is 1. The van der Waals surface area contributed by atoms with E-state index in [2.05, 4.69) is 0 Å². The predicted octanol–water partition coefficient (Wildman–Crippen LogP) is 1.59. The van der Waals surface area contributed by atoms with E-state index in [0.29, 0.717) is 24.5 Å². The zero-order chi connectivity index (χ0) is 12.7. The Balaban J connectivity index is 2.05. The minimum Gasteiger partial charge on any atom is -0.491 e. The molecule has 2 aliphatic heterocycles. The molecule has 0 saturated carbocycles. The number of carbonyl (C=O) groups excluding carboxylic acids is 1. The highest BCUT2D eigenvalue weighted by atomic mass is 16.6. The summed E-state index contributed by atoms with van der Waals surface area (Å²) in [4.78, 5) is 24.3. The molecule has 1 amide bonds. The normalized spacial score (nSPS) is 21.9. The molecule has 0 radical (unpaired) electrons. The van der Waals surface area contributed by atoms with Gasteiger partial charge >= 0.3 is 0 Å². The van der Waals surface area contributed by atoms with Crippen LogP contribution in [0.1, 0.15) is 23.2 Å². The van der Waals surface area contributed by atoms with Crippen molar-refractivity contribution in [3.63, 3.8) is 0 Å². The molecule has 3 rings (SSSR count). The quantitative estimate of drug-likeness (QED) is 0.559. The van der Waals surface area contributed by atoms with Gasteiger partial charge in [-0.3, -0.25) is 14.9 Å². The lowest BCUT2D eigenvalue weighted by molar-refractivity contribution is -0.384. The van der Waals surface area contributed by atoms with Crippen molar-refractivity contribution in [3.8, 4) is 5.75 Å². The van der Waals surface area contributed by atoms with E-state index in [9.17, 15) is 14.9 Å². The molecule has 0 bridgehead atoms. The summed E-state index contributed by atoms with van der Waals surface area (Å²) in [5, 5.41) is 10.7. The summed E-state index contributed by atoms with van der Waals surface area (Å²) in [6.07, 6.45) is 1.89. The molecule has 18 heavy (non-hydrogen) atoms. The molecule has 94 valence electrons. The summed E-state index contributed by atoms with van der Waals surface area (Å²) in [5.41, 5.74) is 0.219. The van der Waals surface area contributed by atoms with Crippen molar-refractivity contribution in [2.24, 2.45) is 0 Å². The number of benzene rings is 1. The molecule has 1 saturated heterocycles. The van der Waals surface area contributed by atoms with Crippen molar-refractivity contribution in [1.82, 2.24) is 4.90 Å². The first-order chi connectivity index (χ1) is 8.66. The standard InChI is InChI=1S/C12H12N2O4/c15-12-10-6-8(14(16)17)3-4-11(10)18-7-9-2-1-5-13(9)12/h3-4,6,9H,1-2,5,7H2/t9-/m1/s1. The van der Waals surface area contributed by atoms with E-state index in [0.717, 1.165) is 12.8 Å². The SMILES string of the molecule is O=C1c2cc([N+](=O)[O-])ccc2OC[C@H]2CCCN12. The summed E-state index contributed by atoms with van der Waals surface area (Å²) in [7, 11) is 0. The first kappa shape index (κ1) is 11.0. The third-order valence-corrected chi connectivity index (χ3v) is 3.47. The maximum absolute atomic E-state index is 12.3. The van der Waals surface area contributed by atoms with E-state index in [1.165, 1.54) is 18.2 Å². The van der Waals surface area contributed by atoms with Gasteiger partial charge < -0.3 is 9.64 Å². The Morgan fingerprint density at radius 3 is 3.06 bits per heavy atom. The van der Waals surface area contributed by atoms with Gasteiger partial charge in [-0.1, -0.05) is 0 Å². The van der Waals surface area contributed by atoms with E-state index >= 15 is 0 Å². The fourth-order valence-electron chi connectivity index (χ4n) is 2.54. The van der Waals surface area contributed by atoms with E-state index in [1.54, 1.807) is 4.90 Å². The molecule has 0 spiro atoms. The number of nitro benzene ring substituents is 1. The number of hydrogen-bond acceptors (Lipinski definition) is 4. The Hall–Kier alpha value is -2.11. The minimum atomic E-state index is -0.500. The number of fused-ring (bicyclic) bond motifs is 2. The van der Waals surface area contributed by atoms with Gasteiger partial charge in [0, 0.05) is 18.7 Å². The maximum atomic E-state index is 12.3. The smallest absolute Gasteiger partial charge is 0.270 e. The molecule has 1 aromatic carbocycles. The molecule has 1 fully saturated rings. The predicted molar refractivity (Wildman–Crippen MR) is 62.6 cm³/mol. The molecule has 1 atom stereocenters. The number of nitro groups is 1. The van der Waals surface area contributed by atoms with Crippen LogP contribution in [0.5, 0.6) is 5.75 Å². The molecule has 2 heterocycles. The van der Waals surface area contributed by atoms with Crippen LogP contribution in [0.25, 0.3) is 0 Å². The van der Waals surface area contributed by atoms with E-state index < -0.39 is 4.92 Å². The fraction of sp³-hybridized carbons (Fsp3) is 0.417. The fourth-order valence-corrected chi connectivity index (χ4v) is 2.54. The van der Waals surface area contributed by atoms with Gasteiger partial charge in [0.1, 0.15) is 12.4 Å². The van der Waals surface area contributed by atoms with Gasteiger partial charge in [-0.2, -0.15) is 0 Å². The van der Waals surface area contributed by atoms with Crippen molar-refractivity contribution in [2.45, 2.75) is 18.9 Å². The van der Waals surface area contributed by atoms with Crippen LogP contribution in [0.15, 0.2) is 18.2 Å². The average Bonchev–Trinajstić information content (AvgIpc) is 2.79. The first-order valence-corrected chi connectivity index (χ1v) is 5.89. The summed E-state index contributed by atoms with van der Waals surface area (Å²) < 4.78 is 5.58. The summed E-state index contributed by atoms with van der Waals surface area (Å²) >= 11 is 0. The Morgan fingerprint density at radius 1 is 1.44 bits per heavy atom. The largest absolute Gasteiger partial charge is 0.491 e. The number of nitrogens with zero attached hydrogens (tertiary/aromatic N) is 2. The Labute approximate surface area is 103 Å². The Morgan fingerprint density at radius 2 is 2.28 bits per heavy atom. The van der Waals surface area contributed by atoms with Crippen molar-refractivity contribution in [1.29, 1.82) is 0 Å². The third kappa shape index (κ3) is 1.61. The van der Waals surface area contributed by atoms with Crippen molar-refractivity contribution in [3.05, 3.63) is 33.9 Å². The van der Waals surface area contributed by atoms with Gasteiger partial charge in [-0.15, -0.1) is 0 Å². The number of rotatable bonds is 1. The molecule has 2 aliphatic rings. The molecule has 1 aromatic rings. The summed E-state index contributed by atoms with van der Waals surface area (Å²) in [5.74, 6) is 0.286. The van der Waals surface area contributed by atoms with Crippen LogP contribution in [0.2, 0.25) is 0 Å². The monoisotopic (exact) mass is 248 g/mol. The molecule has 0 unspecified atom stereocenters. The zero-order valence-electron chi connectivity index (χ0n) is 9.67. The summed E-state index contributed by atoms with van der Waals surface area (Å²) in [6.45, 7) is 1.17. The number of hydrogen-bond donors (Lipinski definition) is 0. The van der Waals surface area contributed by atoms with Crippen LogP contribution in [0.4, 0.5) is 5.69 Å². The Bertz CT molecular complexity index is 529. The number of carbonyl (C=O) groups is 1. The third-order valence-electron chi connectivity index (χ3n) is 3.47. The average molecular weight is 248 g/mol. The number of non-ortho nitro benzene ring substituents is 1. The zero-order valence-corrected chi connectivity index (χ0v) is 9.67. The number of ether oxygens (including phenoxy) is 1. The van der Waals surface area contributed by atoms with Crippen LogP contribution in [-0.4, -0.2) is 34.9 Å². The van der Waals surface area contributed by atoms with Crippen LogP contribution in [-0.2, 0) is 0 Å². The van der Waals surface area contributed by atoms with Crippen molar-refractivity contribution in [2.75, 3.05) is 13.2 Å². The van der Waals surface area contributed by atoms with E-state index in [-0.39, 0.29) is 17.6 Å². The topological polar surface area (TPSA) is 72.7 Å². The van der Waals surface area contributed by atoms with Crippen LogP contribution in [0, 0.1) is 10.1 Å².